The largest absolute Gasteiger partial charge is 0.478 e. The minimum Gasteiger partial charge on any atom is -0.478 e. The lowest BCUT2D eigenvalue weighted by Gasteiger charge is -2.31. The zero-order valence-corrected chi connectivity index (χ0v) is 18.7. The van der Waals surface area contributed by atoms with Crippen LogP contribution in [-0.4, -0.2) is 49.9 Å². The number of carboxylic acid groups (broad SMARTS) is 1. The van der Waals surface area contributed by atoms with E-state index in [1.165, 1.54) is 30.6 Å². The molecule has 0 saturated carbocycles. The topological polar surface area (TPSA) is 108 Å². The highest BCUT2D eigenvalue weighted by Crippen LogP contribution is 2.29. The summed E-state index contributed by atoms with van der Waals surface area (Å²) in [6, 6.07) is 9.18. The van der Waals surface area contributed by atoms with Crippen molar-refractivity contribution in [2.75, 3.05) is 18.4 Å². The second-order valence-electron chi connectivity index (χ2n) is 7.70. The van der Waals surface area contributed by atoms with E-state index in [-0.39, 0.29) is 35.6 Å². The maximum absolute atomic E-state index is 13.6. The SMILES string of the molecule is CC(=O)N1CCCC(c2nc(Nc3cccc(F)c3)cc(-c3cncc(C(=O)O)c3)n2)C1.Cl. The lowest BCUT2D eigenvalue weighted by atomic mass is 9.96. The molecule has 1 unspecified atom stereocenters. The van der Waals surface area contributed by atoms with Crippen LogP contribution >= 0.6 is 12.4 Å². The predicted octanol–water partition coefficient (Wildman–Crippen LogP) is 4.27. The first kappa shape index (κ1) is 24.1. The number of aromatic carboxylic acids is 1. The number of hydrogen-bond acceptors (Lipinski definition) is 6. The summed E-state index contributed by atoms with van der Waals surface area (Å²) in [4.78, 5) is 38.4. The average Bonchev–Trinajstić information content (AvgIpc) is 2.79. The van der Waals surface area contributed by atoms with Gasteiger partial charge in [-0.3, -0.25) is 9.78 Å². The van der Waals surface area contributed by atoms with E-state index in [1.54, 1.807) is 30.0 Å². The molecule has 2 N–H and O–H groups in total. The number of likely N-dealkylation sites (tertiary alicyclic amines) is 1. The molecule has 0 radical (unpaired) electrons. The van der Waals surface area contributed by atoms with Crippen LogP contribution in [0.4, 0.5) is 15.9 Å². The maximum Gasteiger partial charge on any atom is 0.337 e. The second kappa shape index (κ2) is 10.4. The van der Waals surface area contributed by atoms with Gasteiger partial charge in [-0.25, -0.2) is 19.2 Å². The summed E-state index contributed by atoms with van der Waals surface area (Å²) in [7, 11) is 0. The molecule has 2 aromatic heterocycles. The van der Waals surface area contributed by atoms with Gasteiger partial charge in [0.1, 0.15) is 17.5 Å². The zero-order valence-electron chi connectivity index (χ0n) is 17.9. The van der Waals surface area contributed by atoms with E-state index in [1.807, 2.05) is 0 Å². The van der Waals surface area contributed by atoms with Gasteiger partial charge >= 0.3 is 5.97 Å². The summed E-state index contributed by atoms with van der Waals surface area (Å²) in [5.74, 6) is -0.564. The van der Waals surface area contributed by atoms with Crippen molar-refractivity contribution in [3.63, 3.8) is 0 Å². The van der Waals surface area contributed by atoms with Gasteiger partial charge < -0.3 is 15.3 Å². The fourth-order valence-electron chi connectivity index (χ4n) is 3.75. The van der Waals surface area contributed by atoms with Crippen molar-refractivity contribution >= 4 is 35.8 Å². The molecule has 0 bridgehead atoms. The van der Waals surface area contributed by atoms with Crippen LogP contribution in [0.25, 0.3) is 11.3 Å². The molecule has 1 aromatic carbocycles. The van der Waals surface area contributed by atoms with Crippen molar-refractivity contribution in [2.24, 2.45) is 0 Å². The van der Waals surface area contributed by atoms with Crippen LogP contribution in [0.3, 0.4) is 0 Å². The minimum absolute atomic E-state index is 0. The summed E-state index contributed by atoms with van der Waals surface area (Å²) in [5.41, 5.74) is 1.58. The molecular formula is C23H23ClFN5O3. The molecule has 33 heavy (non-hydrogen) atoms. The van der Waals surface area contributed by atoms with Crippen molar-refractivity contribution in [1.82, 2.24) is 19.9 Å². The average molecular weight is 472 g/mol. The smallest absolute Gasteiger partial charge is 0.337 e. The molecule has 1 atom stereocenters. The third kappa shape index (κ3) is 5.81. The normalized spacial score (nSPS) is 15.5. The van der Waals surface area contributed by atoms with Crippen LogP contribution in [0.1, 0.15) is 41.9 Å². The fourth-order valence-corrected chi connectivity index (χ4v) is 3.75. The number of aromatic nitrogens is 3. The van der Waals surface area contributed by atoms with Gasteiger partial charge in [-0.05, 0) is 37.1 Å². The number of benzene rings is 1. The van der Waals surface area contributed by atoms with E-state index in [9.17, 15) is 19.1 Å². The van der Waals surface area contributed by atoms with Crippen LogP contribution < -0.4 is 5.32 Å². The lowest BCUT2D eigenvalue weighted by molar-refractivity contribution is -0.130. The molecule has 1 fully saturated rings. The summed E-state index contributed by atoms with van der Waals surface area (Å²) in [6.07, 6.45) is 4.46. The number of hydrogen-bond donors (Lipinski definition) is 2. The van der Waals surface area contributed by atoms with Crippen molar-refractivity contribution < 1.29 is 19.1 Å². The van der Waals surface area contributed by atoms with Gasteiger partial charge in [0, 0.05) is 55.6 Å². The lowest BCUT2D eigenvalue weighted by Crippen LogP contribution is -2.38. The Kier molecular flexibility index (Phi) is 7.55. The Hall–Kier alpha value is -3.59. The van der Waals surface area contributed by atoms with Crippen LogP contribution in [0, 0.1) is 5.82 Å². The molecule has 0 spiro atoms. The number of piperidine rings is 1. The first-order valence-electron chi connectivity index (χ1n) is 10.2. The molecule has 8 nitrogen and oxygen atoms in total. The minimum atomic E-state index is -1.09. The predicted molar refractivity (Wildman–Crippen MR) is 123 cm³/mol. The number of nitrogens with zero attached hydrogens (tertiary/aromatic N) is 4. The van der Waals surface area contributed by atoms with Crippen molar-refractivity contribution in [3.8, 4) is 11.3 Å². The Morgan fingerprint density at radius 2 is 2.00 bits per heavy atom. The third-order valence-electron chi connectivity index (χ3n) is 5.35. The van der Waals surface area contributed by atoms with Crippen molar-refractivity contribution in [1.29, 1.82) is 0 Å². The standard InChI is InChI=1S/C23H22FN5O3.ClH/c1-14(30)29-7-3-4-15(13-29)22-27-20(16-8-17(23(31)32)12-25-11-16)10-21(28-22)26-19-6-2-5-18(24)9-19;/h2,5-6,8-12,15H,3-4,7,13H2,1H3,(H,31,32)(H,26,27,28);1H. The van der Waals surface area contributed by atoms with Crippen molar-refractivity contribution in [2.45, 2.75) is 25.7 Å². The fraction of sp³-hybridized carbons (Fsp3) is 0.261. The molecule has 1 aliphatic heterocycles. The number of carbonyl (C=O) groups excluding carboxylic acids is 1. The van der Waals surface area contributed by atoms with Gasteiger partial charge in [-0.1, -0.05) is 6.07 Å². The number of carbonyl (C=O) groups is 2. The third-order valence-corrected chi connectivity index (χ3v) is 5.35. The Bertz CT molecular complexity index is 1180. The molecule has 3 aromatic rings. The van der Waals surface area contributed by atoms with Gasteiger partial charge in [0.15, 0.2) is 0 Å². The molecule has 10 heteroatoms. The van der Waals surface area contributed by atoms with Crippen molar-refractivity contribution in [3.05, 3.63) is 66.0 Å². The number of nitrogens with one attached hydrogen (secondary N) is 1. The molecule has 1 saturated heterocycles. The number of rotatable bonds is 5. The number of amides is 1. The molecular weight excluding hydrogens is 449 g/mol. The van der Waals surface area contributed by atoms with Crippen LogP contribution in [0.5, 0.6) is 0 Å². The highest BCUT2D eigenvalue weighted by Gasteiger charge is 2.26. The van der Waals surface area contributed by atoms with Gasteiger partial charge in [0.25, 0.3) is 0 Å². The Morgan fingerprint density at radius 3 is 2.73 bits per heavy atom. The van der Waals surface area contributed by atoms with E-state index < -0.39 is 5.97 Å². The van der Waals surface area contributed by atoms with E-state index >= 15 is 0 Å². The van der Waals surface area contributed by atoms with Crippen LogP contribution in [0.2, 0.25) is 0 Å². The number of anilines is 2. The van der Waals surface area contributed by atoms with E-state index in [0.717, 1.165) is 12.8 Å². The highest BCUT2D eigenvalue weighted by molar-refractivity contribution is 5.88. The molecule has 172 valence electrons. The molecule has 1 aliphatic rings. The number of halogens is 2. The zero-order chi connectivity index (χ0) is 22.7. The van der Waals surface area contributed by atoms with Gasteiger partial charge in [0.05, 0.1) is 11.3 Å². The first-order chi connectivity index (χ1) is 15.4. The first-order valence-corrected chi connectivity index (χ1v) is 10.2. The number of carboxylic acids is 1. The quantitative estimate of drug-likeness (QED) is 0.572. The summed E-state index contributed by atoms with van der Waals surface area (Å²) in [5, 5.41) is 12.4. The summed E-state index contributed by atoms with van der Waals surface area (Å²) < 4.78 is 13.6. The highest BCUT2D eigenvalue weighted by atomic mass is 35.5. The van der Waals surface area contributed by atoms with Gasteiger partial charge in [0.2, 0.25) is 5.91 Å². The molecule has 1 amide bonds. The van der Waals surface area contributed by atoms with E-state index in [0.29, 0.717) is 41.7 Å². The Labute approximate surface area is 196 Å². The van der Waals surface area contributed by atoms with Gasteiger partial charge in [-0.15, -0.1) is 12.4 Å². The Morgan fingerprint density at radius 1 is 1.18 bits per heavy atom. The monoisotopic (exact) mass is 471 g/mol. The summed E-state index contributed by atoms with van der Waals surface area (Å²) >= 11 is 0. The van der Waals surface area contributed by atoms with E-state index in [4.69, 9.17) is 0 Å². The number of pyridine rings is 1. The second-order valence-corrected chi connectivity index (χ2v) is 7.70. The van der Waals surface area contributed by atoms with Gasteiger partial charge in [-0.2, -0.15) is 0 Å². The maximum atomic E-state index is 13.6. The van der Waals surface area contributed by atoms with Crippen LogP contribution in [-0.2, 0) is 4.79 Å². The Balaban J connectivity index is 0.00000306. The molecule has 0 aliphatic carbocycles. The van der Waals surface area contributed by atoms with E-state index in [2.05, 4.69) is 20.3 Å². The molecule has 4 rings (SSSR count). The van der Waals surface area contributed by atoms with Crippen LogP contribution in [0.15, 0.2) is 48.8 Å². The summed E-state index contributed by atoms with van der Waals surface area (Å²) in [6.45, 7) is 2.75. The molecule has 3 heterocycles.